The zero-order chi connectivity index (χ0) is 11.8. The number of rotatable bonds is 1. The molecule has 4 atom stereocenters. The Morgan fingerprint density at radius 3 is 2.65 bits per heavy atom. The lowest BCUT2D eigenvalue weighted by Crippen LogP contribution is -2.35. The van der Waals surface area contributed by atoms with E-state index in [0.717, 1.165) is 31.5 Å². The van der Waals surface area contributed by atoms with Crippen molar-refractivity contribution >= 4 is 0 Å². The zero-order valence-corrected chi connectivity index (χ0v) is 9.77. The summed E-state index contributed by atoms with van der Waals surface area (Å²) in [5.74, 6) is 1.14. The van der Waals surface area contributed by atoms with E-state index in [-0.39, 0.29) is 17.8 Å². The summed E-state index contributed by atoms with van der Waals surface area (Å²) in [5.41, 5.74) is 1.08. The van der Waals surface area contributed by atoms with Crippen LogP contribution in [0, 0.1) is 17.7 Å². The monoisotopic (exact) mass is 235 g/mol. The summed E-state index contributed by atoms with van der Waals surface area (Å²) in [7, 11) is 0. The minimum absolute atomic E-state index is 0.171. The molecule has 0 amide bonds. The lowest BCUT2D eigenvalue weighted by Gasteiger charge is -2.37. The van der Waals surface area contributed by atoms with E-state index in [2.05, 4.69) is 5.32 Å². The molecule has 3 rings (SSSR count). The van der Waals surface area contributed by atoms with Gasteiger partial charge in [0, 0.05) is 5.92 Å². The van der Waals surface area contributed by atoms with Crippen LogP contribution in [0.1, 0.15) is 24.3 Å². The first-order valence-electron chi connectivity index (χ1n) is 6.40. The Kier molecular flexibility index (Phi) is 2.89. The van der Waals surface area contributed by atoms with Gasteiger partial charge in [0.25, 0.3) is 0 Å². The second kappa shape index (κ2) is 4.39. The lowest BCUT2D eigenvalue weighted by atomic mass is 9.69. The van der Waals surface area contributed by atoms with Crippen LogP contribution in [-0.4, -0.2) is 24.3 Å². The second-order valence-corrected chi connectivity index (χ2v) is 5.30. The maximum Gasteiger partial charge on any atom is 0.123 e. The average molecular weight is 235 g/mol. The fourth-order valence-electron chi connectivity index (χ4n) is 3.49. The summed E-state index contributed by atoms with van der Waals surface area (Å²) in [6.07, 6.45) is 1.70. The number of nitrogens with one attached hydrogen (secondary N) is 1. The highest BCUT2D eigenvalue weighted by Crippen LogP contribution is 2.43. The molecular weight excluding hydrogens is 217 g/mol. The number of aliphatic hydroxyl groups is 1. The predicted molar refractivity (Wildman–Crippen MR) is 64.2 cm³/mol. The molecule has 2 N–H and O–H groups in total. The Morgan fingerprint density at radius 1 is 1.12 bits per heavy atom. The van der Waals surface area contributed by atoms with E-state index in [1.54, 1.807) is 0 Å². The Balaban J connectivity index is 1.90. The SMILES string of the molecule is OC1CCC2CNCC2C1c1ccc(F)cc1. The Hall–Kier alpha value is -0.930. The minimum Gasteiger partial charge on any atom is -0.392 e. The van der Waals surface area contributed by atoms with Crippen molar-refractivity contribution in [1.82, 2.24) is 5.32 Å². The van der Waals surface area contributed by atoms with Gasteiger partial charge in [-0.2, -0.15) is 0 Å². The van der Waals surface area contributed by atoms with Crippen LogP contribution < -0.4 is 5.32 Å². The van der Waals surface area contributed by atoms with Gasteiger partial charge in [0.05, 0.1) is 6.10 Å². The molecule has 1 saturated heterocycles. The Bertz CT molecular complexity index is 392. The van der Waals surface area contributed by atoms with Crippen LogP contribution in [0.3, 0.4) is 0 Å². The molecule has 92 valence electrons. The van der Waals surface area contributed by atoms with Gasteiger partial charge in [-0.3, -0.25) is 0 Å². The van der Waals surface area contributed by atoms with E-state index in [1.165, 1.54) is 12.1 Å². The summed E-state index contributed by atoms with van der Waals surface area (Å²) >= 11 is 0. The lowest BCUT2D eigenvalue weighted by molar-refractivity contribution is 0.0593. The van der Waals surface area contributed by atoms with Gasteiger partial charge in [-0.1, -0.05) is 12.1 Å². The predicted octanol–water partition coefficient (Wildman–Crippen LogP) is 1.90. The number of aliphatic hydroxyl groups excluding tert-OH is 1. The van der Waals surface area contributed by atoms with Crippen molar-refractivity contribution in [1.29, 1.82) is 0 Å². The standard InChI is InChI=1S/C14H18FNO/c15-11-4-1-9(2-5-11)14-12-8-16-7-10(12)3-6-13(14)17/h1-2,4-5,10,12-14,16-17H,3,6-8H2. The molecule has 1 aliphatic heterocycles. The molecule has 1 aliphatic carbocycles. The molecule has 1 aromatic rings. The van der Waals surface area contributed by atoms with Crippen LogP contribution in [0.25, 0.3) is 0 Å². The van der Waals surface area contributed by atoms with Crippen molar-refractivity contribution in [2.75, 3.05) is 13.1 Å². The van der Waals surface area contributed by atoms with Gasteiger partial charge in [0.1, 0.15) is 5.82 Å². The van der Waals surface area contributed by atoms with Crippen LogP contribution in [0.4, 0.5) is 4.39 Å². The number of hydrogen-bond acceptors (Lipinski definition) is 2. The molecule has 1 saturated carbocycles. The molecule has 1 heterocycles. The van der Waals surface area contributed by atoms with Gasteiger partial charge >= 0.3 is 0 Å². The summed E-state index contributed by atoms with van der Waals surface area (Å²) in [4.78, 5) is 0. The van der Waals surface area contributed by atoms with E-state index < -0.39 is 0 Å². The normalized spacial score (nSPS) is 36.8. The van der Waals surface area contributed by atoms with Gasteiger partial charge in [0.15, 0.2) is 0 Å². The van der Waals surface area contributed by atoms with E-state index in [1.807, 2.05) is 12.1 Å². The summed E-state index contributed by atoms with van der Waals surface area (Å²) in [5, 5.41) is 13.6. The summed E-state index contributed by atoms with van der Waals surface area (Å²) in [6, 6.07) is 6.63. The highest BCUT2D eigenvalue weighted by atomic mass is 19.1. The van der Waals surface area contributed by atoms with Crippen LogP contribution in [0.15, 0.2) is 24.3 Å². The maximum absolute atomic E-state index is 12.9. The van der Waals surface area contributed by atoms with E-state index in [9.17, 15) is 9.50 Å². The molecule has 17 heavy (non-hydrogen) atoms. The van der Waals surface area contributed by atoms with Crippen LogP contribution >= 0.6 is 0 Å². The number of fused-ring (bicyclic) bond motifs is 1. The fourth-order valence-corrected chi connectivity index (χ4v) is 3.49. The molecule has 1 aromatic carbocycles. The molecule has 4 unspecified atom stereocenters. The van der Waals surface area contributed by atoms with Gasteiger partial charge in [-0.05, 0) is 55.5 Å². The molecule has 0 bridgehead atoms. The Labute approximate surface area is 101 Å². The summed E-state index contributed by atoms with van der Waals surface area (Å²) < 4.78 is 12.9. The summed E-state index contributed by atoms with van der Waals surface area (Å²) in [6.45, 7) is 2.04. The van der Waals surface area contributed by atoms with Gasteiger partial charge in [-0.25, -0.2) is 4.39 Å². The van der Waals surface area contributed by atoms with E-state index >= 15 is 0 Å². The highest BCUT2D eigenvalue weighted by molar-refractivity contribution is 5.24. The van der Waals surface area contributed by atoms with Gasteiger partial charge < -0.3 is 10.4 Å². The quantitative estimate of drug-likeness (QED) is 0.779. The maximum atomic E-state index is 12.9. The van der Waals surface area contributed by atoms with Crippen LogP contribution in [0.5, 0.6) is 0 Å². The molecule has 0 radical (unpaired) electrons. The van der Waals surface area contributed by atoms with E-state index in [0.29, 0.717) is 11.8 Å². The molecular formula is C14H18FNO. The fraction of sp³-hybridized carbons (Fsp3) is 0.571. The minimum atomic E-state index is -0.276. The zero-order valence-electron chi connectivity index (χ0n) is 9.77. The van der Waals surface area contributed by atoms with Crippen molar-refractivity contribution in [3.05, 3.63) is 35.6 Å². The molecule has 0 aromatic heterocycles. The van der Waals surface area contributed by atoms with Crippen molar-refractivity contribution in [2.24, 2.45) is 11.8 Å². The Morgan fingerprint density at radius 2 is 1.88 bits per heavy atom. The average Bonchev–Trinajstić information content (AvgIpc) is 2.79. The van der Waals surface area contributed by atoms with E-state index in [4.69, 9.17) is 0 Å². The van der Waals surface area contributed by atoms with Gasteiger partial charge in [0.2, 0.25) is 0 Å². The molecule has 2 fully saturated rings. The largest absolute Gasteiger partial charge is 0.392 e. The molecule has 0 spiro atoms. The molecule has 2 nitrogen and oxygen atoms in total. The van der Waals surface area contributed by atoms with Crippen molar-refractivity contribution in [2.45, 2.75) is 24.9 Å². The third kappa shape index (κ3) is 1.98. The molecule has 2 aliphatic rings. The number of hydrogen-bond donors (Lipinski definition) is 2. The smallest absolute Gasteiger partial charge is 0.123 e. The first kappa shape index (κ1) is 11.2. The topological polar surface area (TPSA) is 32.3 Å². The third-order valence-electron chi connectivity index (χ3n) is 4.36. The van der Waals surface area contributed by atoms with Crippen LogP contribution in [-0.2, 0) is 0 Å². The first-order chi connectivity index (χ1) is 8.25. The van der Waals surface area contributed by atoms with Gasteiger partial charge in [-0.15, -0.1) is 0 Å². The third-order valence-corrected chi connectivity index (χ3v) is 4.36. The van der Waals surface area contributed by atoms with Crippen molar-refractivity contribution in [3.8, 4) is 0 Å². The van der Waals surface area contributed by atoms with Crippen LogP contribution in [0.2, 0.25) is 0 Å². The number of halogens is 1. The van der Waals surface area contributed by atoms with Crippen molar-refractivity contribution in [3.63, 3.8) is 0 Å². The molecule has 3 heteroatoms. The highest BCUT2D eigenvalue weighted by Gasteiger charge is 2.41. The second-order valence-electron chi connectivity index (χ2n) is 5.30. The van der Waals surface area contributed by atoms with Crippen molar-refractivity contribution < 1.29 is 9.50 Å². The first-order valence-corrected chi connectivity index (χ1v) is 6.40. The number of benzene rings is 1.